The molecule has 0 aliphatic carbocycles. The molecule has 0 radical (unpaired) electrons. The second-order valence-electron chi connectivity index (χ2n) is 6.89. The first-order valence-electron chi connectivity index (χ1n) is 8.73. The summed E-state index contributed by atoms with van der Waals surface area (Å²) in [7, 11) is -3.26. The topological polar surface area (TPSA) is 94.2 Å². The quantitative estimate of drug-likeness (QED) is 0.691. The van der Waals surface area contributed by atoms with Crippen LogP contribution >= 0.6 is 0 Å². The maximum atomic E-state index is 13.0. The highest BCUT2D eigenvalue weighted by Gasteiger charge is 2.34. The summed E-state index contributed by atoms with van der Waals surface area (Å²) in [6, 6.07) is 6.48. The van der Waals surface area contributed by atoms with Crippen LogP contribution in [0.3, 0.4) is 0 Å². The number of furan rings is 1. The number of halogens is 3. The summed E-state index contributed by atoms with van der Waals surface area (Å²) in [6.07, 6.45) is -2.87. The molecule has 154 valence electrons. The molecule has 3 heterocycles. The molecule has 3 aromatic rings. The first-order chi connectivity index (χ1) is 13.6. The van der Waals surface area contributed by atoms with Crippen LogP contribution in [0.4, 0.5) is 19.1 Å². The lowest BCUT2D eigenvalue weighted by molar-refractivity contribution is -0.137. The van der Waals surface area contributed by atoms with Crippen molar-refractivity contribution in [3.63, 3.8) is 0 Å². The number of sulfone groups is 1. The van der Waals surface area contributed by atoms with Gasteiger partial charge in [-0.1, -0.05) is 0 Å². The van der Waals surface area contributed by atoms with Crippen LogP contribution in [0.5, 0.6) is 0 Å². The molecule has 4 rings (SSSR count). The van der Waals surface area contributed by atoms with Crippen molar-refractivity contribution in [2.45, 2.75) is 19.1 Å². The minimum atomic E-state index is -4.53. The molecule has 29 heavy (non-hydrogen) atoms. The van der Waals surface area contributed by atoms with E-state index in [1.807, 2.05) is 0 Å². The van der Waals surface area contributed by atoms with Crippen LogP contribution in [0.15, 0.2) is 41.0 Å². The number of alkyl halides is 3. The lowest BCUT2D eigenvalue weighted by atomic mass is 10.1. The number of aromatic nitrogens is 2. The molecule has 11 heteroatoms. The van der Waals surface area contributed by atoms with Gasteiger partial charge in [0.05, 0.1) is 46.8 Å². The predicted molar refractivity (Wildman–Crippen MR) is 97.9 cm³/mol. The van der Waals surface area contributed by atoms with E-state index >= 15 is 0 Å². The third-order valence-electron chi connectivity index (χ3n) is 4.81. The molecule has 1 amide bonds. The van der Waals surface area contributed by atoms with Crippen molar-refractivity contribution in [3.05, 3.63) is 47.9 Å². The zero-order valence-electron chi connectivity index (χ0n) is 14.9. The number of amides is 1. The summed E-state index contributed by atoms with van der Waals surface area (Å²) in [5, 5.41) is 2.58. The molecular weight excluding hydrogens is 411 g/mol. The highest BCUT2D eigenvalue weighted by molar-refractivity contribution is 7.91. The van der Waals surface area contributed by atoms with E-state index in [4.69, 9.17) is 4.42 Å². The van der Waals surface area contributed by atoms with E-state index in [1.54, 1.807) is 12.1 Å². The zero-order valence-corrected chi connectivity index (χ0v) is 15.8. The minimum Gasteiger partial charge on any atom is -0.467 e. The molecule has 0 saturated carbocycles. The largest absolute Gasteiger partial charge is 0.467 e. The SMILES string of the molecule is O=C(Nc1nc2cc(C(F)(F)F)ccc2n1Cc1ccco1)C1CCS(=O)(=O)C1. The first-order valence-corrected chi connectivity index (χ1v) is 10.6. The molecule has 1 fully saturated rings. The number of hydrogen-bond donors (Lipinski definition) is 1. The number of anilines is 1. The van der Waals surface area contributed by atoms with E-state index in [-0.39, 0.29) is 35.9 Å². The average Bonchev–Trinajstić information content (AvgIpc) is 3.34. The van der Waals surface area contributed by atoms with E-state index in [9.17, 15) is 26.4 Å². The highest BCUT2D eigenvalue weighted by Crippen LogP contribution is 2.32. The van der Waals surface area contributed by atoms with E-state index in [2.05, 4.69) is 10.3 Å². The standard InChI is InChI=1S/C18H16F3N3O4S/c19-18(20,21)12-3-4-15-14(8-12)22-17(24(15)9-13-2-1-6-28-13)23-16(25)11-5-7-29(26,27)10-11/h1-4,6,8,11H,5,7,9-10H2,(H,22,23,25). The van der Waals surface area contributed by atoms with Gasteiger partial charge in [-0.15, -0.1) is 0 Å². The summed E-state index contributed by atoms with van der Waals surface area (Å²) >= 11 is 0. The van der Waals surface area contributed by atoms with Gasteiger partial charge >= 0.3 is 6.18 Å². The molecule has 1 saturated heterocycles. The molecule has 0 spiro atoms. The third-order valence-corrected chi connectivity index (χ3v) is 6.58. The molecule has 0 bridgehead atoms. The molecule has 1 atom stereocenters. The second-order valence-corrected chi connectivity index (χ2v) is 9.12. The Morgan fingerprint density at radius 2 is 2.10 bits per heavy atom. The number of rotatable bonds is 4. The molecular formula is C18H16F3N3O4S. The van der Waals surface area contributed by atoms with Crippen molar-refractivity contribution in [2.75, 3.05) is 16.8 Å². The zero-order chi connectivity index (χ0) is 20.8. The third kappa shape index (κ3) is 4.00. The summed E-state index contributed by atoms with van der Waals surface area (Å²) < 4.78 is 69.2. The van der Waals surface area contributed by atoms with Crippen molar-refractivity contribution in [2.24, 2.45) is 5.92 Å². The van der Waals surface area contributed by atoms with Gasteiger partial charge in [0.15, 0.2) is 9.84 Å². The average molecular weight is 427 g/mol. The molecule has 1 aromatic carbocycles. The Kier molecular flexibility index (Phi) is 4.64. The number of benzene rings is 1. The van der Waals surface area contributed by atoms with Crippen LogP contribution < -0.4 is 5.32 Å². The van der Waals surface area contributed by atoms with Crippen molar-refractivity contribution in [1.82, 2.24) is 9.55 Å². The van der Waals surface area contributed by atoms with Gasteiger partial charge < -0.3 is 8.98 Å². The highest BCUT2D eigenvalue weighted by atomic mass is 32.2. The number of carbonyl (C=O) groups excluding carboxylic acids is 1. The van der Waals surface area contributed by atoms with E-state index in [0.29, 0.717) is 11.3 Å². The summed E-state index contributed by atoms with van der Waals surface area (Å²) in [4.78, 5) is 16.7. The summed E-state index contributed by atoms with van der Waals surface area (Å²) in [5.74, 6) is -1.02. The van der Waals surface area contributed by atoms with E-state index in [0.717, 1.165) is 12.1 Å². The smallest absolute Gasteiger partial charge is 0.416 e. The Morgan fingerprint density at radius 3 is 2.72 bits per heavy atom. The maximum absolute atomic E-state index is 13.0. The Morgan fingerprint density at radius 1 is 1.31 bits per heavy atom. The number of hydrogen-bond acceptors (Lipinski definition) is 5. The lowest BCUT2D eigenvalue weighted by Crippen LogP contribution is -2.25. The van der Waals surface area contributed by atoms with Gasteiger partial charge in [-0.05, 0) is 36.8 Å². The Hall–Kier alpha value is -2.82. The van der Waals surface area contributed by atoms with Gasteiger partial charge in [0.1, 0.15) is 5.76 Å². The predicted octanol–water partition coefficient (Wildman–Crippen LogP) is 3.07. The number of nitrogens with zero attached hydrogens (tertiary/aromatic N) is 2. The molecule has 1 aliphatic heterocycles. The van der Waals surface area contributed by atoms with Crippen molar-refractivity contribution >= 4 is 32.7 Å². The molecule has 1 N–H and O–H groups in total. The first kappa shape index (κ1) is 19.5. The fourth-order valence-electron chi connectivity index (χ4n) is 3.33. The minimum absolute atomic E-state index is 0.0324. The Bertz CT molecular complexity index is 1170. The van der Waals surface area contributed by atoms with Gasteiger partial charge in [0, 0.05) is 0 Å². The van der Waals surface area contributed by atoms with Gasteiger partial charge in [-0.2, -0.15) is 13.2 Å². The normalized spacial score (nSPS) is 18.9. The number of nitrogens with one attached hydrogen (secondary N) is 1. The van der Waals surface area contributed by atoms with E-state index in [1.165, 1.54) is 16.9 Å². The van der Waals surface area contributed by atoms with Crippen molar-refractivity contribution in [3.8, 4) is 0 Å². The van der Waals surface area contributed by atoms with Crippen LogP contribution in [0, 0.1) is 5.92 Å². The van der Waals surface area contributed by atoms with Gasteiger partial charge in [0.25, 0.3) is 0 Å². The second kappa shape index (κ2) is 6.90. The molecule has 1 aliphatic rings. The fourth-order valence-corrected chi connectivity index (χ4v) is 5.08. The Balaban J connectivity index is 1.71. The van der Waals surface area contributed by atoms with E-state index < -0.39 is 33.4 Å². The van der Waals surface area contributed by atoms with Crippen LogP contribution in [-0.4, -0.2) is 35.4 Å². The van der Waals surface area contributed by atoms with Crippen molar-refractivity contribution < 1.29 is 30.8 Å². The number of imidazole rings is 1. The van der Waals surface area contributed by atoms with Gasteiger partial charge in [-0.25, -0.2) is 13.4 Å². The number of fused-ring (bicyclic) bond motifs is 1. The molecule has 2 aromatic heterocycles. The fraction of sp³-hybridized carbons (Fsp3) is 0.333. The molecule has 1 unspecified atom stereocenters. The summed E-state index contributed by atoms with van der Waals surface area (Å²) in [6.45, 7) is 0.132. The monoisotopic (exact) mass is 427 g/mol. The maximum Gasteiger partial charge on any atom is 0.416 e. The van der Waals surface area contributed by atoms with Crippen LogP contribution in [0.1, 0.15) is 17.7 Å². The number of carbonyl (C=O) groups is 1. The summed E-state index contributed by atoms with van der Waals surface area (Å²) in [5.41, 5.74) is -0.420. The van der Waals surface area contributed by atoms with Crippen LogP contribution in [0.2, 0.25) is 0 Å². The van der Waals surface area contributed by atoms with Crippen LogP contribution in [-0.2, 0) is 27.4 Å². The van der Waals surface area contributed by atoms with Gasteiger partial charge in [0.2, 0.25) is 11.9 Å². The van der Waals surface area contributed by atoms with Crippen LogP contribution in [0.25, 0.3) is 11.0 Å². The molecule has 7 nitrogen and oxygen atoms in total. The van der Waals surface area contributed by atoms with Gasteiger partial charge in [-0.3, -0.25) is 10.1 Å². The Labute approximate surface area is 163 Å². The lowest BCUT2D eigenvalue weighted by Gasteiger charge is -2.11. The van der Waals surface area contributed by atoms with Crippen molar-refractivity contribution in [1.29, 1.82) is 0 Å².